The van der Waals surface area contributed by atoms with E-state index in [0.29, 0.717) is 25.3 Å². The SMILES string of the molecule is CCC(C)[C@H](NC(=O)[C@@H]1Cc2ccccc2CN1)C(=O)NCc1ccco1.Cl. The highest BCUT2D eigenvalue weighted by Gasteiger charge is 2.30. The molecule has 2 amide bonds. The molecule has 6 nitrogen and oxygen atoms in total. The number of amides is 2. The molecule has 152 valence electrons. The number of carbonyl (C=O) groups excluding carboxylic acids is 2. The summed E-state index contributed by atoms with van der Waals surface area (Å²) in [5, 5.41) is 9.08. The van der Waals surface area contributed by atoms with E-state index >= 15 is 0 Å². The molecule has 0 spiro atoms. The Bertz CT molecular complexity index is 779. The zero-order valence-electron chi connectivity index (χ0n) is 16.2. The molecule has 1 unspecified atom stereocenters. The Morgan fingerprint density at radius 3 is 2.64 bits per heavy atom. The normalized spacial score (nSPS) is 17.6. The van der Waals surface area contributed by atoms with Crippen LogP contribution < -0.4 is 16.0 Å². The second kappa shape index (κ2) is 10.3. The van der Waals surface area contributed by atoms with Gasteiger partial charge in [0, 0.05) is 6.54 Å². The molecule has 7 heteroatoms. The number of benzene rings is 1. The van der Waals surface area contributed by atoms with Gasteiger partial charge in [0.05, 0.1) is 18.8 Å². The Balaban J connectivity index is 0.00000280. The van der Waals surface area contributed by atoms with E-state index in [4.69, 9.17) is 4.42 Å². The fourth-order valence-electron chi connectivity index (χ4n) is 3.29. The van der Waals surface area contributed by atoms with Crippen molar-refractivity contribution in [1.29, 1.82) is 0 Å². The summed E-state index contributed by atoms with van der Waals surface area (Å²) < 4.78 is 5.25. The van der Waals surface area contributed by atoms with Crippen LogP contribution in [0.5, 0.6) is 0 Å². The Kier molecular flexibility index (Phi) is 8.08. The zero-order valence-corrected chi connectivity index (χ0v) is 17.1. The van der Waals surface area contributed by atoms with E-state index in [1.807, 2.05) is 26.0 Å². The van der Waals surface area contributed by atoms with E-state index in [9.17, 15) is 9.59 Å². The van der Waals surface area contributed by atoms with E-state index in [2.05, 4.69) is 28.1 Å². The summed E-state index contributed by atoms with van der Waals surface area (Å²) in [5.74, 6) is 0.387. The van der Waals surface area contributed by atoms with Crippen molar-refractivity contribution in [3.05, 3.63) is 59.5 Å². The lowest BCUT2D eigenvalue weighted by atomic mass is 9.94. The average molecular weight is 406 g/mol. The van der Waals surface area contributed by atoms with Crippen LogP contribution in [-0.4, -0.2) is 23.9 Å². The van der Waals surface area contributed by atoms with Gasteiger partial charge < -0.3 is 20.4 Å². The van der Waals surface area contributed by atoms with Crippen molar-refractivity contribution in [3.63, 3.8) is 0 Å². The molecule has 3 atom stereocenters. The molecule has 28 heavy (non-hydrogen) atoms. The highest BCUT2D eigenvalue weighted by molar-refractivity contribution is 5.90. The van der Waals surface area contributed by atoms with Crippen molar-refractivity contribution in [2.75, 3.05) is 0 Å². The number of hydrogen-bond acceptors (Lipinski definition) is 4. The van der Waals surface area contributed by atoms with Gasteiger partial charge in [-0.25, -0.2) is 0 Å². The van der Waals surface area contributed by atoms with Crippen molar-refractivity contribution in [2.45, 2.75) is 51.9 Å². The van der Waals surface area contributed by atoms with E-state index in [1.54, 1.807) is 18.4 Å². The minimum absolute atomic E-state index is 0. The maximum absolute atomic E-state index is 12.8. The first-order chi connectivity index (χ1) is 13.1. The third-order valence-corrected chi connectivity index (χ3v) is 5.21. The predicted octanol–water partition coefficient (Wildman–Crippen LogP) is 2.56. The summed E-state index contributed by atoms with van der Waals surface area (Å²) in [6, 6.07) is 10.8. The van der Waals surface area contributed by atoms with E-state index < -0.39 is 6.04 Å². The van der Waals surface area contributed by atoms with Crippen LogP contribution in [0.15, 0.2) is 47.1 Å². The predicted molar refractivity (Wildman–Crippen MR) is 110 cm³/mol. The number of hydrogen-bond donors (Lipinski definition) is 3. The van der Waals surface area contributed by atoms with E-state index in [-0.39, 0.29) is 36.2 Å². The summed E-state index contributed by atoms with van der Waals surface area (Å²) in [5.41, 5.74) is 2.40. The van der Waals surface area contributed by atoms with Gasteiger partial charge in [-0.15, -0.1) is 12.4 Å². The van der Waals surface area contributed by atoms with Crippen LogP contribution in [0, 0.1) is 5.92 Å². The van der Waals surface area contributed by atoms with E-state index in [0.717, 1.165) is 6.42 Å². The first kappa shape index (κ1) is 22.0. The Morgan fingerprint density at radius 2 is 1.96 bits per heavy atom. The first-order valence-electron chi connectivity index (χ1n) is 9.49. The van der Waals surface area contributed by atoms with Gasteiger partial charge in [-0.2, -0.15) is 0 Å². The molecule has 2 heterocycles. The highest BCUT2D eigenvalue weighted by atomic mass is 35.5. The molecule has 2 aromatic rings. The fraction of sp³-hybridized carbons (Fsp3) is 0.429. The van der Waals surface area contributed by atoms with Crippen LogP contribution in [-0.2, 0) is 29.1 Å². The van der Waals surface area contributed by atoms with Crippen molar-refractivity contribution in [3.8, 4) is 0 Å². The van der Waals surface area contributed by atoms with Gasteiger partial charge in [-0.1, -0.05) is 44.5 Å². The smallest absolute Gasteiger partial charge is 0.243 e. The summed E-state index contributed by atoms with van der Waals surface area (Å²) in [6.45, 7) is 4.95. The Hall–Kier alpha value is -2.31. The molecule has 0 saturated carbocycles. The standard InChI is InChI=1S/C21H27N3O3.ClH/c1-3-14(2)19(21(26)23-13-17-9-6-10-27-17)24-20(25)18-11-15-7-4-5-8-16(15)12-22-18;/h4-10,14,18-19,22H,3,11-13H2,1-2H3,(H,23,26)(H,24,25);1H/t14?,18-,19-;/m0./s1. The molecule has 1 aliphatic heterocycles. The molecule has 0 aliphatic carbocycles. The molecule has 1 aromatic heterocycles. The third kappa shape index (κ3) is 5.36. The van der Waals surface area contributed by atoms with Crippen LogP contribution in [0.2, 0.25) is 0 Å². The third-order valence-electron chi connectivity index (χ3n) is 5.21. The van der Waals surface area contributed by atoms with Crippen LogP contribution in [0.4, 0.5) is 0 Å². The summed E-state index contributed by atoms with van der Waals surface area (Å²) in [7, 11) is 0. The van der Waals surface area contributed by atoms with Gasteiger partial charge in [0.15, 0.2) is 0 Å². The van der Waals surface area contributed by atoms with E-state index in [1.165, 1.54) is 11.1 Å². The number of rotatable bonds is 7. The minimum Gasteiger partial charge on any atom is -0.467 e. The topological polar surface area (TPSA) is 83.4 Å². The number of furan rings is 1. The molecule has 0 fully saturated rings. The fourth-order valence-corrected chi connectivity index (χ4v) is 3.29. The molecular weight excluding hydrogens is 378 g/mol. The number of halogens is 1. The van der Waals surface area contributed by atoms with Crippen LogP contribution in [0.25, 0.3) is 0 Å². The van der Waals surface area contributed by atoms with Gasteiger partial charge in [0.2, 0.25) is 11.8 Å². The van der Waals surface area contributed by atoms with Gasteiger partial charge >= 0.3 is 0 Å². The van der Waals surface area contributed by atoms with Crippen LogP contribution in [0.1, 0.15) is 37.2 Å². The quantitative estimate of drug-likeness (QED) is 0.661. The van der Waals surface area contributed by atoms with Gasteiger partial charge in [-0.05, 0) is 35.6 Å². The lowest BCUT2D eigenvalue weighted by Gasteiger charge is -2.29. The lowest BCUT2D eigenvalue weighted by molar-refractivity contribution is -0.131. The summed E-state index contributed by atoms with van der Waals surface area (Å²) in [4.78, 5) is 25.5. The van der Waals surface area contributed by atoms with Crippen LogP contribution in [0.3, 0.4) is 0 Å². The number of fused-ring (bicyclic) bond motifs is 1. The summed E-state index contributed by atoms with van der Waals surface area (Å²) in [6.07, 6.45) is 2.99. The van der Waals surface area contributed by atoms with Crippen LogP contribution >= 0.6 is 12.4 Å². The zero-order chi connectivity index (χ0) is 19.2. The molecule has 0 bridgehead atoms. The molecule has 3 N–H and O–H groups in total. The molecule has 1 aromatic carbocycles. The maximum Gasteiger partial charge on any atom is 0.243 e. The molecule has 0 saturated heterocycles. The lowest BCUT2D eigenvalue weighted by Crippen LogP contribution is -2.56. The molecule has 1 aliphatic rings. The Morgan fingerprint density at radius 1 is 1.21 bits per heavy atom. The molecular formula is C21H28ClN3O3. The second-order valence-corrected chi connectivity index (χ2v) is 7.08. The van der Waals surface area contributed by atoms with Crippen molar-refractivity contribution in [2.24, 2.45) is 5.92 Å². The Labute approximate surface area is 171 Å². The van der Waals surface area contributed by atoms with Gasteiger partial charge in [0.25, 0.3) is 0 Å². The maximum atomic E-state index is 12.8. The number of nitrogens with one attached hydrogen (secondary N) is 3. The monoisotopic (exact) mass is 405 g/mol. The highest BCUT2D eigenvalue weighted by Crippen LogP contribution is 2.17. The van der Waals surface area contributed by atoms with Crippen molar-refractivity contribution >= 4 is 24.2 Å². The molecule has 3 rings (SSSR count). The first-order valence-corrected chi connectivity index (χ1v) is 9.49. The largest absolute Gasteiger partial charge is 0.467 e. The molecule has 0 radical (unpaired) electrons. The number of carbonyl (C=O) groups is 2. The van der Waals surface area contributed by atoms with Gasteiger partial charge in [0.1, 0.15) is 11.8 Å². The van der Waals surface area contributed by atoms with Crippen molar-refractivity contribution in [1.82, 2.24) is 16.0 Å². The summed E-state index contributed by atoms with van der Waals surface area (Å²) >= 11 is 0. The van der Waals surface area contributed by atoms with Gasteiger partial charge in [-0.3, -0.25) is 9.59 Å². The second-order valence-electron chi connectivity index (χ2n) is 7.08. The van der Waals surface area contributed by atoms with Crippen molar-refractivity contribution < 1.29 is 14.0 Å². The minimum atomic E-state index is -0.573. The average Bonchev–Trinajstić information content (AvgIpc) is 3.22.